The van der Waals surface area contributed by atoms with Gasteiger partial charge in [-0.2, -0.15) is 0 Å². The van der Waals surface area contributed by atoms with Gasteiger partial charge in [0.25, 0.3) is 5.91 Å². The minimum Gasteiger partial charge on any atom is -0.378 e. The molecule has 0 aliphatic carbocycles. The van der Waals surface area contributed by atoms with E-state index in [0.29, 0.717) is 32.0 Å². The second-order valence-electron chi connectivity index (χ2n) is 3.99. The zero-order chi connectivity index (χ0) is 13.8. The summed E-state index contributed by atoms with van der Waals surface area (Å²) in [6.45, 7) is 2.29. The van der Waals surface area contributed by atoms with E-state index in [1.54, 1.807) is 4.90 Å². The molecule has 19 heavy (non-hydrogen) atoms. The van der Waals surface area contributed by atoms with Gasteiger partial charge in [-0.15, -0.1) is 0 Å². The molecule has 0 saturated carbocycles. The summed E-state index contributed by atoms with van der Waals surface area (Å²) in [5.41, 5.74) is 0.409. The van der Waals surface area contributed by atoms with Crippen molar-refractivity contribution >= 4 is 40.4 Å². The van der Waals surface area contributed by atoms with Crippen molar-refractivity contribution in [2.75, 3.05) is 31.6 Å². The monoisotopic (exact) mass is 302 g/mol. The minimum absolute atomic E-state index is 0.0462. The van der Waals surface area contributed by atoms with Crippen molar-refractivity contribution in [1.29, 1.82) is 0 Å². The fourth-order valence-corrected chi connectivity index (χ4v) is 2.08. The normalized spacial score (nSPS) is 15.2. The molecule has 1 aliphatic rings. The predicted octanol–water partition coefficient (Wildman–Crippen LogP) is 2.08. The molecular formula is C12H12ClFN2O2S. The number of anilines is 1. The lowest BCUT2D eigenvalue weighted by atomic mass is 10.3. The van der Waals surface area contributed by atoms with E-state index in [4.69, 9.17) is 28.6 Å². The molecule has 0 atom stereocenters. The fourth-order valence-electron chi connectivity index (χ4n) is 1.67. The molecule has 0 radical (unpaired) electrons. The van der Waals surface area contributed by atoms with Crippen molar-refractivity contribution in [3.8, 4) is 0 Å². The lowest BCUT2D eigenvalue weighted by molar-refractivity contribution is -0.111. The number of carbonyl (C=O) groups excluding carboxylic acids is 1. The van der Waals surface area contributed by atoms with Crippen LogP contribution in [-0.4, -0.2) is 42.1 Å². The third-order valence-corrected chi connectivity index (χ3v) is 3.40. The quantitative estimate of drug-likeness (QED) is 0.807. The van der Waals surface area contributed by atoms with Gasteiger partial charge in [0.05, 0.1) is 18.2 Å². The summed E-state index contributed by atoms with van der Waals surface area (Å²) in [6.07, 6.45) is 0. The van der Waals surface area contributed by atoms with E-state index in [9.17, 15) is 9.18 Å². The molecule has 0 aromatic heterocycles. The second kappa shape index (κ2) is 6.27. The molecule has 7 heteroatoms. The molecule has 4 nitrogen and oxygen atoms in total. The Morgan fingerprint density at radius 1 is 1.42 bits per heavy atom. The fraction of sp³-hybridized carbons (Fsp3) is 0.333. The van der Waals surface area contributed by atoms with Gasteiger partial charge in [0.2, 0.25) is 0 Å². The highest BCUT2D eigenvalue weighted by Crippen LogP contribution is 2.19. The number of hydrogen-bond donors (Lipinski definition) is 1. The lowest BCUT2D eigenvalue weighted by Crippen LogP contribution is -2.44. The van der Waals surface area contributed by atoms with Gasteiger partial charge in [0.15, 0.2) is 4.99 Å². The number of benzene rings is 1. The summed E-state index contributed by atoms with van der Waals surface area (Å²) >= 11 is 10.7. The SMILES string of the molecule is O=C(Nc1ccc(F)c(Cl)c1)C(=S)N1CCOCC1. The summed E-state index contributed by atoms with van der Waals surface area (Å²) in [4.78, 5) is 13.9. The number of thiocarbonyl (C=S) groups is 1. The maximum Gasteiger partial charge on any atom is 0.283 e. The van der Waals surface area contributed by atoms with Gasteiger partial charge in [-0.05, 0) is 18.2 Å². The van der Waals surface area contributed by atoms with Gasteiger partial charge in [0.1, 0.15) is 5.82 Å². The van der Waals surface area contributed by atoms with Gasteiger partial charge in [-0.1, -0.05) is 23.8 Å². The first-order valence-corrected chi connectivity index (χ1v) is 6.49. The number of ether oxygens (including phenoxy) is 1. The smallest absolute Gasteiger partial charge is 0.283 e. The molecule has 1 heterocycles. The molecule has 0 unspecified atom stereocenters. The summed E-state index contributed by atoms with van der Waals surface area (Å²) in [6, 6.07) is 3.97. The Balaban J connectivity index is 1.99. The molecule has 1 aromatic rings. The molecule has 0 spiro atoms. The summed E-state index contributed by atoms with van der Waals surface area (Å²) in [5.74, 6) is -0.935. The second-order valence-corrected chi connectivity index (χ2v) is 4.78. The van der Waals surface area contributed by atoms with Gasteiger partial charge < -0.3 is 15.0 Å². The molecular weight excluding hydrogens is 291 g/mol. The highest BCUT2D eigenvalue weighted by Gasteiger charge is 2.20. The average Bonchev–Trinajstić information content (AvgIpc) is 2.43. The molecule has 2 rings (SSSR count). The first-order chi connectivity index (χ1) is 9.08. The Hall–Kier alpha value is -1.24. The Morgan fingerprint density at radius 3 is 2.74 bits per heavy atom. The number of carbonyl (C=O) groups is 1. The molecule has 1 N–H and O–H groups in total. The van der Waals surface area contributed by atoms with Crippen LogP contribution in [0.2, 0.25) is 5.02 Å². The van der Waals surface area contributed by atoms with Crippen molar-refractivity contribution < 1.29 is 13.9 Å². The zero-order valence-corrected chi connectivity index (χ0v) is 11.6. The highest BCUT2D eigenvalue weighted by molar-refractivity contribution is 7.82. The van der Waals surface area contributed by atoms with Crippen molar-refractivity contribution in [1.82, 2.24) is 4.90 Å². The van der Waals surface area contributed by atoms with Crippen molar-refractivity contribution in [2.24, 2.45) is 0 Å². The van der Waals surface area contributed by atoms with Crippen LogP contribution < -0.4 is 5.32 Å². The zero-order valence-electron chi connectivity index (χ0n) is 9.99. The number of halogens is 2. The maximum atomic E-state index is 13.0. The van der Waals surface area contributed by atoms with Crippen LogP contribution in [0.5, 0.6) is 0 Å². The van der Waals surface area contributed by atoms with E-state index >= 15 is 0 Å². The van der Waals surface area contributed by atoms with E-state index in [-0.39, 0.29) is 10.0 Å². The molecule has 1 saturated heterocycles. The Morgan fingerprint density at radius 2 is 2.11 bits per heavy atom. The minimum atomic E-state index is -0.532. The first-order valence-electron chi connectivity index (χ1n) is 5.71. The first kappa shape index (κ1) is 14.2. The molecule has 1 fully saturated rings. The summed E-state index contributed by atoms with van der Waals surface area (Å²) in [5, 5.41) is 2.55. The van der Waals surface area contributed by atoms with Crippen LogP contribution in [0.4, 0.5) is 10.1 Å². The van der Waals surface area contributed by atoms with E-state index < -0.39 is 11.7 Å². The Kier molecular flexibility index (Phi) is 4.68. The molecule has 1 aliphatic heterocycles. The average molecular weight is 303 g/mol. The molecule has 102 valence electrons. The van der Waals surface area contributed by atoms with Crippen molar-refractivity contribution in [2.45, 2.75) is 0 Å². The van der Waals surface area contributed by atoms with Crippen LogP contribution in [-0.2, 0) is 9.53 Å². The number of nitrogens with zero attached hydrogens (tertiary/aromatic N) is 1. The van der Waals surface area contributed by atoms with E-state index in [0.717, 1.165) is 0 Å². The van der Waals surface area contributed by atoms with Crippen LogP contribution in [0, 0.1) is 5.82 Å². The van der Waals surface area contributed by atoms with E-state index in [1.807, 2.05) is 0 Å². The lowest BCUT2D eigenvalue weighted by Gasteiger charge is -2.28. The number of amides is 1. The number of hydrogen-bond acceptors (Lipinski definition) is 3. The van der Waals surface area contributed by atoms with Gasteiger partial charge in [-0.25, -0.2) is 4.39 Å². The van der Waals surface area contributed by atoms with Crippen molar-refractivity contribution in [3.63, 3.8) is 0 Å². The molecule has 1 amide bonds. The number of nitrogens with one attached hydrogen (secondary N) is 1. The third-order valence-electron chi connectivity index (χ3n) is 2.67. The van der Waals surface area contributed by atoms with Crippen LogP contribution in [0.15, 0.2) is 18.2 Å². The number of morpholine rings is 1. The van der Waals surface area contributed by atoms with E-state index in [1.165, 1.54) is 18.2 Å². The third kappa shape index (κ3) is 3.62. The van der Waals surface area contributed by atoms with Gasteiger partial charge in [0, 0.05) is 18.8 Å². The van der Waals surface area contributed by atoms with Gasteiger partial charge in [-0.3, -0.25) is 4.79 Å². The van der Waals surface area contributed by atoms with E-state index in [2.05, 4.69) is 5.32 Å². The number of rotatable bonds is 1. The van der Waals surface area contributed by atoms with Gasteiger partial charge >= 0.3 is 0 Å². The Labute approximate surface area is 120 Å². The van der Waals surface area contributed by atoms with Crippen LogP contribution in [0.25, 0.3) is 0 Å². The summed E-state index contributed by atoms with van der Waals surface area (Å²) < 4.78 is 18.2. The summed E-state index contributed by atoms with van der Waals surface area (Å²) in [7, 11) is 0. The predicted molar refractivity (Wildman–Crippen MR) is 75.0 cm³/mol. The topological polar surface area (TPSA) is 41.6 Å². The maximum absolute atomic E-state index is 13.0. The van der Waals surface area contributed by atoms with Crippen LogP contribution >= 0.6 is 23.8 Å². The Bertz CT molecular complexity index is 507. The standard InChI is InChI=1S/C12H12ClFN2O2S/c13-9-7-8(1-2-10(9)14)15-11(17)12(19)16-3-5-18-6-4-16/h1-2,7H,3-6H2,(H,15,17). The molecule has 0 bridgehead atoms. The van der Waals surface area contributed by atoms with Crippen molar-refractivity contribution in [3.05, 3.63) is 29.0 Å². The molecule has 1 aromatic carbocycles. The van der Waals surface area contributed by atoms with Crippen LogP contribution in [0.1, 0.15) is 0 Å². The largest absolute Gasteiger partial charge is 0.378 e. The van der Waals surface area contributed by atoms with Crippen LogP contribution in [0.3, 0.4) is 0 Å². The highest BCUT2D eigenvalue weighted by atomic mass is 35.5.